The maximum Gasteiger partial charge on any atom is 0.203 e. The van der Waals surface area contributed by atoms with Crippen molar-refractivity contribution < 1.29 is 9.53 Å². The van der Waals surface area contributed by atoms with E-state index in [1.54, 1.807) is 11.3 Å². The number of ether oxygens (including phenoxy) is 1. The van der Waals surface area contributed by atoms with Crippen LogP contribution in [0.1, 0.15) is 45.4 Å². The summed E-state index contributed by atoms with van der Waals surface area (Å²) in [6.45, 7) is 2.76. The van der Waals surface area contributed by atoms with Gasteiger partial charge in [0.15, 0.2) is 0 Å². The topological polar surface area (TPSA) is 26.3 Å². The second kappa shape index (κ2) is 6.32. The first-order valence-electron chi connectivity index (χ1n) is 7.27. The van der Waals surface area contributed by atoms with Crippen molar-refractivity contribution in [2.45, 2.75) is 32.6 Å². The normalized spacial score (nSPS) is 13.2. The zero-order chi connectivity index (χ0) is 14.8. The monoisotopic (exact) mass is 364 g/mol. The van der Waals surface area contributed by atoms with Crippen LogP contribution in [0.5, 0.6) is 5.75 Å². The minimum Gasteiger partial charge on any atom is -0.492 e. The zero-order valence-corrected chi connectivity index (χ0v) is 14.4. The van der Waals surface area contributed by atoms with E-state index in [2.05, 4.69) is 28.9 Å². The second-order valence-electron chi connectivity index (χ2n) is 5.24. The summed E-state index contributed by atoms with van der Waals surface area (Å²) in [7, 11) is 0. The molecule has 1 heterocycles. The Morgan fingerprint density at radius 1 is 1.33 bits per heavy atom. The smallest absolute Gasteiger partial charge is 0.203 e. The molecule has 3 rings (SSSR count). The Bertz CT molecular complexity index is 654. The first-order valence-corrected chi connectivity index (χ1v) is 8.88. The van der Waals surface area contributed by atoms with Crippen LogP contribution in [0.15, 0.2) is 28.7 Å². The lowest BCUT2D eigenvalue weighted by Crippen LogP contribution is -2.01. The van der Waals surface area contributed by atoms with E-state index in [1.807, 2.05) is 18.2 Å². The van der Waals surface area contributed by atoms with Crippen molar-refractivity contribution in [3.63, 3.8) is 0 Å². The third-order valence-electron chi connectivity index (χ3n) is 3.63. The SMILES string of the molecule is CCCOc1ccc(C(=O)c2cc3c(s2)CCC3)cc1Br. The zero-order valence-electron chi connectivity index (χ0n) is 11.9. The molecular weight excluding hydrogens is 348 g/mol. The number of rotatable bonds is 5. The minimum atomic E-state index is 0.108. The van der Waals surface area contributed by atoms with Gasteiger partial charge < -0.3 is 4.74 Å². The van der Waals surface area contributed by atoms with Crippen LogP contribution in [0.25, 0.3) is 0 Å². The number of ketones is 1. The highest BCUT2D eigenvalue weighted by molar-refractivity contribution is 9.10. The summed E-state index contributed by atoms with van der Waals surface area (Å²) in [5.74, 6) is 0.902. The van der Waals surface area contributed by atoms with Crippen LogP contribution < -0.4 is 4.74 Å². The van der Waals surface area contributed by atoms with Gasteiger partial charge in [-0.1, -0.05) is 6.92 Å². The second-order valence-corrected chi connectivity index (χ2v) is 7.23. The van der Waals surface area contributed by atoms with E-state index >= 15 is 0 Å². The Morgan fingerprint density at radius 2 is 2.19 bits per heavy atom. The van der Waals surface area contributed by atoms with Gasteiger partial charge in [0.25, 0.3) is 0 Å². The molecule has 0 atom stereocenters. The molecule has 1 aromatic carbocycles. The Morgan fingerprint density at radius 3 is 2.90 bits per heavy atom. The Labute approximate surface area is 137 Å². The maximum absolute atomic E-state index is 12.6. The predicted octanol–water partition coefficient (Wildman–Crippen LogP) is 5.02. The molecule has 0 spiro atoms. The van der Waals surface area contributed by atoms with E-state index in [0.29, 0.717) is 12.2 Å². The summed E-state index contributed by atoms with van der Waals surface area (Å²) in [6, 6.07) is 7.65. The number of carbonyl (C=O) groups is 1. The summed E-state index contributed by atoms with van der Waals surface area (Å²) in [4.78, 5) is 14.8. The third-order valence-corrected chi connectivity index (χ3v) is 5.48. The molecule has 0 aliphatic heterocycles. The first kappa shape index (κ1) is 14.8. The molecule has 0 amide bonds. The maximum atomic E-state index is 12.6. The van der Waals surface area contributed by atoms with Crippen LogP contribution in [0.2, 0.25) is 0 Å². The molecule has 1 aliphatic rings. The van der Waals surface area contributed by atoms with Gasteiger partial charge in [-0.05, 0) is 71.4 Å². The van der Waals surface area contributed by atoms with Gasteiger partial charge in [0, 0.05) is 10.4 Å². The molecule has 1 aromatic heterocycles. The highest BCUT2D eigenvalue weighted by Crippen LogP contribution is 2.33. The van der Waals surface area contributed by atoms with E-state index in [-0.39, 0.29) is 5.78 Å². The van der Waals surface area contributed by atoms with Gasteiger partial charge >= 0.3 is 0 Å². The molecule has 4 heteroatoms. The molecule has 21 heavy (non-hydrogen) atoms. The fourth-order valence-electron chi connectivity index (χ4n) is 2.55. The molecule has 0 unspecified atom stereocenters. The van der Waals surface area contributed by atoms with Crippen molar-refractivity contribution in [2.24, 2.45) is 0 Å². The first-order chi connectivity index (χ1) is 10.2. The minimum absolute atomic E-state index is 0.108. The largest absolute Gasteiger partial charge is 0.492 e. The van der Waals surface area contributed by atoms with Crippen molar-refractivity contribution >= 4 is 33.0 Å². The molecule has 0 bridgehead atoms. The van der Waals surface area contributed by atoms with Crippen LogP contribution in [-0.2, 0) is 12.8 Å². The van der Waals surface area contributed by atoms with E-state index in [9.17, 15) is 4.79 Å². The Balaban J connectivity index is 1.82. The lowest BCUT2D eigenvalue weighted by atomic mass is 10.1. The summed E-state index contributed by atoms with van der Waals surface area (Å²) in [5, 5.41) is 0. The molecular formula is C17H17BrO2S. The molecule has 110 valence electrons. The quantitative estimate of drug-likeness (QED) is 0.696. The van der Waals surface area contributed by atoms with Crippen molar-refractivity contribution in [3.05, 3.63) is 49.6 Å². The van der Waals surface area contributed by atoms with Crippen molar-refractivity contribution in [1.29, 1.82) is 0 Å². The van der Waals surface area contributed by atoms with Gasteiger partial charge in [-0.2, -0.15) is 0 Å². The van der Waals surface area contributed by atoms with Gasteiger partial charge in [0.2, 0.25) is 5.78 Å². The van der Waals surface area contributed by atoms with Crippen LogP contribution in [-0.4, -0.2) is 12.4 Å². The Kier molecular flexibility index (Phi) is 4.45. The average Bonchev–Trinajstić information content (AvgIpc) is 3.06. The number of hydrogen-bond acceptors (Lipinski definition) is 3. The van der Waals surface area contributed by atoms with Gasteiger partial charge in [-0.25, -0.2) is 0 Å². The molecule has 0 saturated carbocycles. The van der Waals surface area contributed by atoms with Crippen LogP contribution >= 0.6 is 27.3 Å². The molecule has 0 fully saturated rings. The highest BCUT2D eigenvalue weighted by Gasteiger charge is 2.20. The number of hydrogen-bond donors (Lipinski definition) is 0. The number of aryl methyl sites for hydroxylation is 2. The summed E-state index contributed by atoms with van der Waals surface area (Å²) >= 11 is 5.14. The fraction of sp³-hybridized carbons (Fsp3) is 0.353. The number of benzene rings is 1. The van der Waals surface area contributed by atoms with Crippen molar-refractivity contribution in [1.82, 2.24) is 0 Å². The van der Waals surface area contributed by atoms with Crippen molar-refractivity contribution in [2.75, 3.05) is 6.61 Å². The van der Waals surface area contributed by atoms with Crippen LogP contribution in [0.3, 0.4) is 0 Å². The molecule has 1 aliphatic carbocycles. The van der Waals surface area contributed by atoms with Crippen LogP contribution in [0.4, 0.5) is 0 Å². The summed E-state index contributed by atoms with van der Waals surface area (Å²) in [6.07, 6.45) is 4.44. The summed E-state index contributed by atoms with van der Waals surface area (Å²) < 4.78 is 6.46. The summed E-state index contributed by atoms with van der Waals surface area (Å²) in [5.41, 5.74) is 2.08. The van der Waals surface area contributed by atoms with Gasteiger partial charge in [-0.3, -0.25) is 4.79 Å². The standard InChI is InChI=1S/C17H17BrO2S/c1-2-8-20-14-7-6-12(9-13(14)18)17(19)16-10-11-4-3-5-15(11)21-16/h6-7,9-10H,2-5,8H2,1H3. The van der Waals surface area contributed by atoms with Crippen molar-refractivity contribution in [3.8, 4) is 5.75 Å². The molecule has 0 N–H and O–H groups in total. The van der Waals surface area contributed by atoms with Gasteiger partial charge in [0.05, 0.1) is 16.0 Å². The molecule has 2 nitrogen and oxygen atoms in total. The average molecular weight is 365 g/mol. The number of fused-ring (bicyclic) bond motifs is 1. The Hall–Kier alpha value is -1.13. The number of carbonyl (C=O) groups excluding carboxylic acids is 1. The fourth-order valence-corrected chi connectivity index (χ4v) is 4.26. The molecule has 2 aromatic rings. The predicted molar refractivity (Wildman–Crippen MR) is 89.7 cm³/mol. The lowest BCUT2D eigenvalue weighted by molar-refractivity contribution is 0.104. The van der Waals surface area contributed by atoms with E-state index in [4.69, 9.17) is 4.74 Å². The highest BCUT2D eigenvalue weighted by atomic mass is 79.9. The van der Waals surface area contributed by atoms with E-state index in [1.165, 1.54) is 16.9 Å². The van der Waals surface area contributed by atoms with E-state index < -0.39 is 0 Å². The molecule has 0 saturated heterocycles. The van der Waals surface area contributed by atoms with E-state index in [0.717, 1.165) is 34.4 Å². The lowest BCUT2D eigenvalue weighted by Gasteiger charge is -2.08. The third kappa shape index (κ3) is 3.06. The number of thiophene rings is 1. The molecule has 0 radical (unpaired) electrons. The van der Waals surface area contributed by atoms with Crippen LogP contribution in [0, 0.1) is 0 Å². The van der Waals surface area contributed by atoms with Gasteiger partial charge in [-0.15, -0.1) is 11.3 Å². The number of halogens is 1. The van der Waals surface area contributed by atoms with Gasteiger partial charge in [0.1, 0.15) is 5.75 Å².